The van der Waals surface area contributed by atoms with Gasteiger partial charge in [0.15, 0.2) is 6.61 Å². The molecule has 0 saturated heterocycles. The number of para-hydroxylation sites is 1. The van der Waals surface area contributed by atoms with Gasteiger partial charge in [-0.15, -0.1) is 0 Å². The number of benzene rings is 2. The van der Waals surface area contributed by atoms with Gasteiger partial charge in [-0.1, -0.05) is 18.2 Å². The summed E-state index contributed by atoms with van der Waals surface area (Å²) >= 11 is 0. The number of amides is 1. The highest BCUT2D eigenvalue weighted by Crippen LogP contribution is 2.22. The van der Waals surface area contributed by atoms with Crippen molar-refractivity contribution in [2.45, 2.75) is 13.8 Å². The zero-order chi connectivity index (χ0) is 15.4. The summed E-state index contributed by atoms with van der Waals surface area (Å²) in [6.45, 7) is 3.52. The largest absolute Gasteiger partial charge is 0.483 e. The molecule has 0 aliphatic rings. The summed E-state index contributed by atoms with van der Waals surface area (Å²) in [5, 5.41) is 2.39. The van der Waals surface area contributed by atoms with E-state index in [0.717, 1.165) is 29.3 Å². The van der Waals surface area contributed by atoms with Gasteiger partial charge in [0.1, 0.15) is 17.4 Å². The molecule has 2 rings (SSSR count). The highest BCUT2D eigenvalue weighted by Gasteiger charge is 2.09. The van der Waals surface area contributed by atoms with E-state index >= 15 is 0 Å². The van der Waals surface area contributed by atoms with Gasteiger partial charge in [-0.3, -0.25) is 4.79 Å². The van der Waals surface area contributed by atoms with Gasteiger partial charge in [-0.25, -0.2) is 8.78 Å². The Bertz CT molecular complexity index is 631. The molecule has 0 aliphatic carbocycles. The molecule has 0 unspecified atom stereocenters. The molecule has 2 aromatic carbocycles. The molecule has 0 atom stereocenters. The quantitative estimate of drug-likeness (QED) is 0.934. The standard InChI is InChI=1S/C16H15F2NO2/c1-10-4-3-5-11(2)16(10)21-9-15(20)19-14-7-12(17)6-13(18)8-14/h3-8H,9H2,1-2H3,(H,19,20). The van der Waals surface area contributed by atoms with Crippen LogP contribution >= 0.6 is 0 Å². The monoisotopic (exact) mass is 291 g/mol. The summed E-state index contributed by atoms with van der Waals surface area (Å²) in [7, 11) is 0. The first kappa shape index (κ1) is 15.0. The number of nitrogens with one attached hydrogen (secondary N) is 1. The van der Waals surface area contributed by atoms with Crippen LogP contribution in [-0.2, 0) is 4.79 Å². The summed E-state index contributed by atoms with van der Waals surface area (Å²) in [6, 6.07) is 8.47. The zero-order valence-corrected chi connectivity index (χ0v) is 11.7. The van der Waals surface area contributed by atoms with E-state index in [9.17, 15) is 13.6 Å². The van der Waals surface area contributed by atoms with Crippen molar-refractivity contribution in [3.8, 4) is 5.75 Å². The van der Waals surface area contributed by atoms with E-state index in [1.165, 1.54) is 0 Å². The first-order chi connectivity index (χ1) is 9.95. The Kier molecular flexibility index (Phi) is 4.52. The Morgan fingerprint density at radius 3 is 2.24 bits per heavy atom. The second-order valence-corrected chi connectivity index (χ2v) is 4.72. The van der Waals surface area contributed by atoms with E-state index in [4.69, 9.17) is 4.74 Å². The molecular formula is C16H15F2NO2. The smallest absolute Gasteiger partial charge is 0.262 e. The molecular weight excluding hydrogens is 276 g/mol. The average molecular weight is 291 g/mol. The maximum atomic E-state index is 13.0. The number of aryl methyl sites for hydroxylation is 2. The molecule has 5 heteroatoms. The van der Waals surface area contributed by atoms with Crippen molar-refractivity contribution in [3.63, 3.8) is 0 Å². The topological polar surface area (TPSA) is 38.3 Å². The third-order valence-corrected chi connectivity index (χ3v) is 2.90. The minimum absolute atomic E-state index is 0.0580. The number of hydrogen-bond acceptors (Lipinski definition) is 2. The molecule has 0 bridgehead atoms. The van der Waals surface area contributed by atoms with E-state index < -0.39 is 17.5 Å². The Morgan fingerprint density at radius 1 is 1.10 bits per heavy atom. The fraction of sp³-hybridized carbons (Fsp3) is 0.188. The highest BCUT2D eigenvalue weighted by molar-refractivity contribution is 5.91. The van der Waals surface area contributed by atoms with Gasteiger partial charge >= 0.3 is 0 Å². The molecule has 110 valence electrons. The lowest BCUT2D eigenvalue weighted by Gasteiger charge is -2.12. The molecule has 0 spiro atoms. The Balaban J connectivity index is 1.99. The molecule has 0 fully saturated rings. The van der Waals surface area contributed by atoms with Crippen molar-refractivity contribution in [3.05, 3.63) is 59.2 Å². The highest BCUT2D eigenvalue weighted by atomic mass is 19.1. The molecule has 3 nitrogen and oxygen atoms in total. The van der Waals surface area contributed by atoms with Crippen LogP contribution in [-0.4, -0.2) is 12.5 Å². The van der Waals surface area contributed by atoms with Crippen LogP contribution in [0.25, 0.3) is 0 Å². The summed E-state index contributed by atoms with van der Waals surface area (Å²) in [6.07, 6.45) is 0. The van der Waals surface area contributed by atoms with Crippen LogP contribution in [0.5, 0.6) is 5.75 Å². The lowest BCUT2D eigenvalue weighted by molar-refractivity contribution is -0.118. The Labute approximate surface area is 121 Å². The van der Waals surface area contributed by atoms with Crippen molar-refractivity contribution >= 4 is 11.6 Å². The molecule has 0 radical (unpaired) electrons. The number of carbonyl (C=O) groups is 1. The van der Waals surface area contributed by atoms with Crippen LogP contribution in [0.15, 0.2) is 36.4 Å². The van der Waals surface area contributed by atoms with Gasteiger partial charge in [-0.05, 0) is 37.1 Å². The molecule has 1 N–H and O–H groups in total. The van der Waals surface area contributed by atoms with Crippen LogP contribution in [0.3, 0.4) is 0 Å². The second kappa shape index (κ2) is 6.35. The Hall–Kier alpha value is -2.43. The summed E-state index contributed by atoms with van der Waals surface area (Å²) in [4.78, 5) is 11.7. The molecule has 0 aromatic heterocycles. The molecule has 0 aliphatic heterocycles. The zero-order valence-electron chi connectivity index (χ0n) is 11.7. The van der Waals surface area contributed by atoms with Crippen LogP contribution < -0.4 is 10.1 Å². The maximum Gasteiger partial charge on any atom is 0.262 e. The fourth-order valence-corrected chi connectivity index (χ4v) is 1.99. The fourth-order valence-electron chi connectivity index (χ4n) is 1.99. The lowest BCUT2D eigenvalue weighted by atomic mass is 10.1. The van der Waals surface area contributed by atoms with Crippen molar-refractivity contribution in [1.29, 1.82) is 0 Å². The number of halogens is 2. The van der Waals surface area contributed by atoms with Crippen molar-refractivity contribution in [1.82, 2.24) is 0 Å². The van der Waals surface area contributed by atoms with Crippen LogP contribution in [0, 0.1) is 25.5 Å². The lowest BCUT2D eigenvalue weighted by Crippen LogP contribution is -2.20. The van der Waals surface area contributed by atoms with Gasteiger partial charge in [0.05, 0.1) is 0 Å². The van der Waals surface area contributed by atoms with E-state index in [2.05, 4.69) is 5.32 Å². The Morgan fingerprint density at radius 2 is 1.67 bits per heavy atom. The van der Waals surface area contributed by atoms with Gasteiger partial charge in [-0.2, -0.15) is 0 Å². The third kappa shape index (κ3) is 4.02. The summed E-state index contributed by atoms with van der Waals surface area (Å²) in [5.41, 5.74) is 1.89. The number of rotatable bonds is 4. The van der Waals surface area contributed by atoms with E-state index in [0.29, 0.717) is 5.75 Å². The summed E-state index contributed by atoms with van der Waals surface area (Å²) < 4.78 is 31.5. The number of carbonyl (C=O) groups excluding carboxylic acids is 1. The predicted molar refractivity (Wildman–Crippen MR) is 76.4 cm³/mol. The second-order valence-electron chi connectivity index (χ2n) is 4.72. The number of hydrogen-bond donors (Lipinski definition) is 1. The van der Waals surface area contributed by atoms with Gasteiger partial charge in [0.25, 0.3) is 5.91 Å². The minimum atomic E-state index is -0.749. The third-order valence-electron chi connectivity index (χ3n) is 2.90. The maximum absolute atomic E-state index is 13.0. The molecule has 21 heavy (non-hydrogen) atoms. The van der Waals surface area contributed by atoms with Crippen molar-refractivity contribution in [2.24, 2.45) is 0 Å². The minimum Gasteiger partial charge on any atom is -0.483 e. The normalized spacial score (nSPS) is 10.3. The van der Waals surface area contributed by atoms with Crippen LogP contribution in [0.2, 0.25) is 0 Å². The average Bonchev–Trinajstić information content (AvgIpc) is 2.36. The number of anilines is 1. The van der Waals surface area contributed by atoms with Crippen LogP contribution in [0.1, 0.15) is 11.1 Å². The van der Waals surface area contributed by atoms with Crippen molar-refractivity contribution < 1.29 is 18.3 Å². The molecule has 0 saturated carbocycles. The first-order valence-corrected chi connectivity index (χ1v) is 6.40. The number of ether oxygens (including phenoxy) is 1. The molecule has 0 heterocycles. The van der Waals surface area contributed by atoms with E-state index in [1.54, 1.807) is 0 Å². The summed E-state index contributed by atoms with van der Waals surface area (Å²) in [5.74, 6) is -1.34. The van der Waals surface area contributed by atoms with E-state index in [1.807, 2.05) is 32.0 Å². The van der Waals surface area contributed by atoms with Gasteiger partial charge in [0, 0.05) is 11.8 Å². The van der Waals surface area contributed by atoms with Crippen molar-refractivity contribution in [2.75, 3.05) is 11.9 Å². The SMILES string of the molecule is Cc1cccc(C)c1OCC(=O)Nc1cc(F)cc(F)c1. The van der Waals surface area contributed by atoms with Gasteiger partial charge < -0.3 is 10.1 Å². The van der Waals surface area contributed by atoms with Gasteiger partial charge in [0.2, 0.25) is 0 Å². The predicted octanol–water partition coefficient (Wildman–Crippen LogP) is 3.60. The first-order valence-electron chi connectivity index (χ1n) is 6.40. The van der Waals surface area contributed by atoms with Crippen LogP contribution in [0.4, 0.5) is 14.5 Å². The molecule has 1 amide bonds. The molecule has 2 aromatic rings. The van der Waals surface area contributed by atoms with E-state index in [-0.39, 0.29) is 12.3 Å².